The van der Waals surface area contributed by atoms with Gasteiger partial charge in [0.15, 0.2) is 0 Å². The summed E-state index contributed by atoms with van der Waals surface area (Å²) >= 11 is 42.7. The van der Waals surface area contributed by atoms with E-state index in [0.717, 1.165) is 5.56 Å². The minimum atomic E-state index is 0.194. The van der Waals surface area contributed by atoms with Crippen molar-refractivity contribution in [2.45, 2.75) is 0 Å². The van der Waals surface area contributed by atoms with Gasteiger partial charge in [0.1, 0.15) is 0 Å². The smallest absolute Gasteiger partial charge is 0.0800 e. The van der Waals surface area contributed by atoms with Crippen LogP contribution in [0.5, 0.6) is 0 Å². The second-order valence-corrected chi connectivity index (χ2v) is 6.59. The van der Waals surface area contributed by atoms with Gasteiger partial charge in [-0.25, -0.2) is 0 Å². The van der Waals surface area contributed by atoms with Gasteiger partial charge in [0.2, 0.25) is 0 Å². The quantitative estimate of drug-likeness (QED) is 0.269. The maximum atomic E-state index is 6.19. The SMILES string of the molecule is Clc1cc2c(c(Cl)c1Cl)-c1c(Cl)c(Cl)c(Cl)c(Cl)c1-2. The van der Waals surface area contributed by atoms with Crippen molar-refractivity contribution in [2.75, 3.05) is 0 Å². The summed E-state index contributed by atoms with van der Waals surface area (Å²) in [5.74, 6) is 0. The van der Waals surface area contributed by atoms with Crippen molar-refractivity contribution in [3.05, 3.63) is 41.2 Å². The van der Waals surface area contributed by atoms with Crippen molar-refractivity contribution in [1.29, 1.82) is 0 Å². The normalized spacial score (nSPS) is 11.9. The highest BCUT2D eigenvalue weighted by Gasteiger charge is 2.35. The number of rotatable bonds is 0. The Morgan fingerprint density at radius 3 is 1.53 bits per heavy atom. The molecule has 0 amide bonds. The average molecular weight is 393 g/mol. The fourth-order valence-electron chi connectivity index (χ4n) is 2.09. The van der Waals surface area contributed by atoms with Gasteiger partial charge in [-0.1, -0.05) is 81.2 Å². The van der Waals surface area contributed by atoms with E-state index in [1.807, 2.05) is 0 Å². The van der Waals surface area contributed by atoms with Gasteiger partial charge in [0, 0.05) is 16.7 Å². The first-order valence-electron chi connectivity index (χ1n) is 4.90. The standard InChI is InChI=1S/C12HCl7/c13-3-1-2-4(8(15)7(3)14)6-5(2)9(16)11(18)12(19)10(6)17/h1H. The molecule has 1 aliphatic rings. The molecular formula is C12HCl7. The fourth-order valence-corrected chi connectivity index (χ4v) is 3.84. The van der Waals surface area contributed by atoms with Crippen LogP contribution in [-0.2, 0) is 0 Å². The second-order valence-electron chi connectivity index (χ2n) is 3.91. The van der Waals surface area contributed by atoms with Gasteiger partial charge in [-0.15, -0.1) is 0 Å². The van der Waals surface area contributed by atoms with Crippen LogP contribution in [0, 0.1) is 0 Å². The highest BCUT2D eigenvalue weighted by Crippen LogP contribution is 2.62. The molecule has 0 saturated carbocycles. The highest BCUT2D eigenvalue weighted by molar-refractivity contribution is 6.57. The van der Waals surface area contributed by atoms with Crippen molar-refractivity contribution in [2.24, 2.45) is 0 Å². The molecule has 7 heteroatoms. The number of benzene rings is 2. The second kappa shape index (κ2) is 4.74. The Morgan fingerprint density at radius 1 is 0.474 bits per heavy atom. The third-order valence-corrected chi connectivity index (χ3v) is 6.01. The van der Waals surface area contributed by atoms with Gasteiger partial charge in [0.05, 0.1) is 35.2 Å². The summed E-state index contributed by atoms with van der Waals surface area (Å²) in [4.78, 5) is 0. The summed E-state index contributed by atoms with van der Waals surface area (Å²) in [5, 5.41) is 1.97. The first-order valence-corrected chi connectivity index (χ1v) is 7.55. The number of hydrogen-bond donors (Lipinski definition) is 0. The molecule has 0 radical (unpaired) electrons. The van der Waals surface area contributed by atoms with E-state index in [9.17, 15) is 0 Å². The van der Waals surface area contributed by atoms with Crippen LogP contribution in [0.3, 0.4) is 0 Å². The predicted molar refractivity (Wildman–Crippen MR) is 85.9 cm³/mol. The minimum Gasteiger partial charge on any atom is -0.0826 e. The van der Waals surface area contributed by atoms with Gasteiger partial charge in [0.25, 0.3) is 0 Å². The van der Waals surface area contributed by atoms with Gasteiger partial charge < -0.3 is 0 Å². The van der Waals surface area contributed by atoms with E-state index in [1.54, 1.807) is 6.07 Å². The molecule has 3 rings (SSSR count). The van der Waals surface area contributed by atoms with Gasteiger partial charge in [-0.05, 0) is 11.6 Å². The lowest BCUT2D eigenvalue weighted by Gasteiger charge is -2.29. The molecule has 0 heterocycles. The van der Waals surface area contributed by atoms with Crippen LogP contribution in [0.4, 0.5) is 0 Å². The lowest BCUT2D eigenvalue weighted by molar-refractivity contribution is 1.51. The number of halogens is 7. The summed E-state index contributed by atoms with van der Waals surface area (Å²) in [6, 6.07) is 1.68. The predicted octanol–water partition coefficient (Wildman–Crippen LogP) is 7.91. The molecule has 0 aromatic heterocycles. The van der Waals surface area contributed by atoms with Crippen LogP contribution in [0.25, 0.3) is 22.3 Å². The summed E-state index contributed by atoms with van der Waals surface area (Å²) in [6.07, 6.45) is 0. The molecule has 1 aliphatic carbocycles. The first kappa shape index (κ1) is 14.4. The summed E-state index contributed by atoms with van der Waals surface area (Å²) in [6.45, 7) is 0. The molecule has 19 heavy (non-hydrogen) atoms. The molecule has 0 atom stereocenters. The third kappa shape index (κ3) is 1.82. The largest absolute Gasteiger partial charge is 0.0826 e. The van der Waals surface area contributed by atoms with Crippen LogP contribution < -0.4 is 0 Å². The molecule has 0 spiro atoms. The monoisotopic (exact) mass is 390 g/mol. The molecule has 98 valence electrons. The van der Waals surface area contributed by atoms with Crippen molar-refractivity contribution >= 4 is 81.2 Å². The lowest BCUT2D eigenvalue weighted by atomic mass is 9.80. The Labute approximate surface area is 144 Å². The Bertz CT molecular complexity index is 749. The van der Waals surface area contributed by atoms with E-state index in [-0.39, 0.29) is 15.1 Å². The third-order valence-electron chi connectivity index (χ3n) is 2.95. The lowest BCUT2D eigenvalue weighted by Crippen LogP contribution is -2.03. The van der Waals surface area contributed by atoms with Crippen LogP contribution in [0.2, 0.25) is 35.2 Å². The van der Waals surface area contributed by atoms with Gasteiger partial charge in [-0.2, -0.15) is 0 Å². The highest BCUT2D eigenvalue weighted by atomic mass is 35.5. The molecule has 0 bridgehead atoms. The molecule has 0 aliphatic heterocycles. The van der Waals surface area contributed by atoms with Crippen molar-refractivity contribution in [3.8, 4) is 22.3 Å². The van der Waals surface area contributed by atoms with Crippen molar-refractivity contribution in [1.82, 2.24) is 0 Å². The number of fused-ring (bicyclic) bond motifs is 4. The molecule has 0 unspecified atom stereocenters. The molecule has 2 aromatic carbocycles. The maximum absolute atomic E-state index is 6.19. The Kier molecular flexibility index (Phi) is 3.60. The Hall–Kier alpha value is 0.470. The van der Waals surface area contributed by atoms with Crippen LogP contribution in [0.15, 0.2) is 6.07 Å². The van der Waals surface area contributed by atoms with Crippen molar-refractivity contribution in [3.63, 3.8) is 0 Å². The van der Waals surface area contributed by atoms with E-state index in [1.165, 1.54) is 0 Å². The average Bonchev–Trinajstić information content (AvgIpc) is 2.36. The van der Waals surface area contributed by atoms with E-state index in [4.69, 9.17) is 81.2 Å². The summed E-state index contributed by atoms with van der Waals surface area (Å²) in [7, 11) is 0. The maximum Gasteiger partial charge on any atom is 0.0800 e. The molecular weight excluding hydrogens is 392 g/mol. The van der Waals surface area contributed by atoms with E-state index >= 15 is 0 Å². The zero-order chi connectivity index (χ0) is 14.1. The van der Waals surface area contributed by atoms with Crippen LogP contribution in [-0.4, -0.2) is 0 Å². The van der Waals surface area contributed by atoms with Gasteiger partial charge >= 0.3 is 0 Å². The zero-order valence-corrected chi connectivity index (χ0v) is 14.0. The topological polar surface area (TPSA) is 0 Å². The van der Waals surface area contributed by atoms with Gasteiger partial charge in [-0.3, -0.25) is 0 Å². The molecule has 0 saturated heterocycles. The first-order chi connectivity index (χ1) is 8.86. The summed E-state index contributed by atoms with van der Waals surface area (Å²) < 4.78 is 0. The van der Waals surface area contributed by atoms with Crippen molar-refractivity contribution < 1.29 is 0 Å². The fraction of sp³-hybridized carbons (Fsp3) is 0. The van der Waals surface area contributed by atoms with E-state index < -0.39 is 0 Å². The molecule has 0 N–H and O–H groups in total. The number of hydrogen-bond acceptors (Lipinski definition) is 0. The minimum absolute atomic E-state index is 0.194. The Balaban J connectivity index is 2.43. The molecule has 0 nitrogen and oxygen atoms in total. The zero-order valence-electron chi connectivity index (χ0n) is 8.72. The molecule has 0 fully saturated rings. The summed E-state index contributed by atoms with van der Waals surface area (Å²) in [5.41, 5.74) is 2.80. The van der Waals surface area contributed by atoms with Crippen LogP contribution in [0.1, 0.15) is 0 Å². The van der Waals surface area contributed by atoms with E-state index in [2.05, 4.69) is 0 Å². The van der Waals surface area contributed by atoms with Crippen LogP contribution >= 0.6 is 81.2 Å². The Morgan fingerprint density at radius 2 is 0.947 bits per heavy atom. The van der Waals surface area contributed by atoms with E-state index in [0.29, 0.717) is 36.8 Å². The molecule has 2 aromatic rings.